The summed E-state index contributed by atoms with van der Waals surface area (Å²) in [6.07, 6.45) is 2.48. The van der Waals surface area contributed by atoms with Crippen LogP contribution >= 0.6 is 11.3 Å². The molecule has 1 saturated heterocycles. The molecule has 0 bridgehead atoms. The quantitative estimate of drug-likeness (QED) is 0.822. The molecule has 2 heterocycles. The van der Waals surface area contributed by atoms with Crippen LogP contribution in [0.4, 0.5) is 0 Å². The highest BCUT2D eigenvalue weighted by molar-refractivity contribution is 7.91. The number of nitrogens with zero attached hydrogens (tertiary/aromatic N) is 1. The zero-order valence-corrected chi connectivity index (χ0v) is 16.5. The number of benzene rings is 1. The molecule has 1 N–H and O–H groups in total. The van der Waals surface area contributed by atoms with E-state index >= 15 is 0 Å². The summed E-state index contributed by atoms with van der Waals surface area (Å²) >= 11 is 1.24. The van der Waals surface area contributed by atoms with E-state index in [1.807, 2.05) is 6.92 Å². The van der Waals surface area contributed by atoms with Gasteiger partial charge >= 0.3 is 0 Å². The number of nitrogens with one attached hydrogen (secondary N) is 1. The largest absolute Gasteiger partial charge is 0.353 e. The molecule has 1 fully saturated rings. The third kappa shape index (κ3) is 4.72. The van der Waals surface area contributed by atoms with Crippen molar-refractivity contribution in [1.29, 1.82) is 0 Å². The monoisotopic (exact) mass is 392 g/mol. The van der Waals surface area contributed by atoms with Crippen LogP contribution in [0.25, 0.3) is 0 Å². The van der Waals surface area contributed by atoms with Crippen LogP contribution in [-0.4, -0.2) is 37.8 Å². The molecular formula is C19H24N2O3S2. The van der Waals surface area contributed by atoms with E-state index in [0.717, 1.165) is 12.0 Å². The fourth-order valence-electron chi connectivity index (χ4n) is 3.09. The van der Waals surface area contributed by atoms with Crippen LogP contribution in [0.2, 0.25) is 0 Å². The maximum Gasteiger partial charge on any atom is 0.252 e. The molecule has 7 heteroatoms. The number of aryl methyl sites for hydroxylation is 2. The summed E-state index contributed by atoms with van der Waals surface area (Å²) in [5, 5.41) is 4.82. The van der Waals surface area contributed by atoms with Gasteiger partial charge in [-0.25, -0.2) is 8.42 Å². The number of thiophene rings is 1. The molecule has 1 aromatic carbocycles. The molecule has 0 saturated carbocycles. The van der Waals surface area contributed by atoms with Crippen molar-refractivity contribution in [3.63, 3.8) is 0 Å². The standard InChI is InChI=1S/C19H24N2O3S2/c1-15-4-6-16(7-5-15)8-9-18(22)20-17-10-12-21(13-11-17)26(23,24)19-3-2-14-25-19/h2-7,14,17H,8-13H2,1H3,(H,20,22). The SMILES string of the molecule is Cc1ccc(CCC(=O)NC2CCN(S(=O)(=O)c3cccs3)CC2)cc1. The minimum absolute atomic E-state index is 0.0325. The highest BCUT2D eigenvalue weighted by Gasteiger charge is 2.30. The third-order valence-corrected chi connectivity index (χ3v) is 7.94. The van der Waals surface area contributed by atoms with Gasteiger partial charge in [-0.1, -0.05) is 35.9 Å². The molecule has 0 unspecified atom stereocenters. The highest BCUT2D eigenvalue weighted by atomic mass is 32.2. The topological polar surface area (TPSA) is 66.5 Å². The Bertz CT molecular complexity index is 822. The number of carbonyl (C=O) groups is 1. The first-order valence-corrected chi connectivity index (χ1v) is 11.2. The molecule has 0 radical (unpaired) electrons. The summed E-state index contributed by atoms with van der Waals surface area (Å²) < 4.78 is 26.9. The average molecular weight is 393 g/mol. The van der Waals surface area contributed by atoms with E-state index in [4.69, 9.17) is 0 Å². The summed E-state index contributed by atoms with van der Waals surface area (Å²) in [6, 6.07) is 11.6. The van der Waals surface area contributed by atoms with Gasteiger partial charge < -0.3 is 5.32 Å². The molecule has 0 atom stereocenters. The lowest BCUT2D eigenvalue weighted by Crippen LogP contribution is -2.46. The van der Waals surface area contributed by atoms with E-state index in [-0.39, 0.29) is 11.9 Å². The lowest BCUT2D eigenvalue weighted by molar-refractivity contribution is -0.122. The van der Waals surface area contributed by atoms with E-state index in [1.165, 1.54) is 21.2 Å². The Hall–Kier alpha value is -1.70. The predicted octanol–water partition coefficient (Wildman–Crippen LogP) is 2.96. The lowest BCUT2D eigenvalue weighted by Gasteiger charge is -2.31. The van der Waals surface area contributed by atoms with Gasteiger partial charge in [-0.15, -0.1) is 11.3 Å². The molecule has 1 aromatic heterocycles. The molecule has 0 aliphatic carbocycles. The minimum atomic E-state index is -3.38. The van der Waals surface area contributed by atoms with E-state index in [0.29, 0.717) is 36.6 Å². The Morgan fingerprint density at radius 3 is 2.50 bits per heavy atom. The van der Waals surface area contributed by atoms with E-state index < -0.39 is 10.0 Å². The van der Waals surface area contributed by atoms with Gasteiger partial charge in [0.1, 0.15) is 4.21 Å². The lowest BCUT2D eigenvalue weighted by atomic mass is 10.1. The summed E-state index contributed by atoms with van der Waals surface area (Å²) in [5.41, 5.74) is 2.37. The number of carbonyl (C=O) groups excluding carboxylic acids is 1. The van der Waals surface area contributed by atoms with Crippen LogP contribution in [0.5, 0.6) is 0 Å². The van der Waals surface area contributed by atoms with Crippen molar-refractivity contribution in [2.75, 3.05) is 13.1 Å². The van der Waals surface area contributed by atoms with Crippen molar-refractivity contribution < 1.29 is 13.2 Å². The number of amides is 1. The zero-order chi connectivity index (χ0) is 18.6. The number of hydrogen-bond acceptors (Lipinski definition) is 4. The summed E-state index contributed by atoms with van der Waals surface area (Å²) in [4.78, 5) is 12.2. The van der Waals surface area contributed by atoms with Crippen molar-refractivity contribution in [1.82, 2.24) is 9.62 Å². The molecule has 26 heavy (non-hydrogen) atoms. The summed E-state index contributed by atoms with van der Waals surface area (Å²) in [6.45, 7) is 2.94. The second-order valence-electron chi connectivity index (χ2n) is 6.66. The van der Waals surface area contributed by atoms with Crippen molar-refractivity contribution in [3.05, 3.63) is 52.9 Å². The first-order valence-electron chi connectivity index (χ1n) is 8.84. The van der Waals surface area contributed by atoms with Crippen molar-refractivity contribution in [3.8, 4) is 0 Å². The van der Waals surface area contributed by atoms with Gasteiger partial charge in [-0.05, 0) is 43.2 Å². The van der Waals surface area contributed by atoms with Gasteiger partial charge in [0.05, 0.1) is 0 Å². The minimum Gasteiger partial charge on any atom is -0.353 e. The molecule has 140 valence electrons. The van der Waals surface area contributed by atoms with Gasteiger partial charge in [0.2, 0.25) is 5.91 Å². The number of piperidine rings is 1. The Morgan fingerprint density at radius 1 is 1.19 bits per heavy atom. The van der Waals surface area contributed by atoms with Crippen molar-refractivity contribution >= 4 is 27.3 Å². The first kappa shape index (κ1) is 19.1. The van der Waals surface area contributed by atoms with Crippen LogP contribution in [0.15, 0.2) is 46.0 Å². The highest BCUT2D eigenvalue weighted by Crippen LogP contribution is 2.24. The molecule has 5 nitrogen and oxygen atoms in total. The average Bonchev–Trinajstić information content (AvgIpc) is 3.17. The molecule has 2 aromatic rings. The maximum atomic E-state index is 12.5. The smallest absolute Gasteiger partial charge is 0.252 e. The molecule has 1 aliphatic heterocycles. The van der Waals surface area contributed by atoms with Gasteiger partial charge in [-0.3, -0.25) is 4.79 Å². The Morgan fingerprint density at radius 2 is 1.88 bits per heavy atom. The molecule has 1 aliphatic rings. The number of sulfonamides is 1. The van der Waals surface area contributed by atoms with E-state index in [1.54, 1.807) is 17.5 Å². The van der Waals surface area contributed by atoms with Crippen molar-refractivity contribution in [2.24, 2.45) is 0 Å². The van der Waals surface area contributed by atoms with Gasteiger partial charge in [0.15, 0.2) is 0 Å². The van der Waals surface area contributed by atoms with Crippen LogP contribution in [0.3, 0.4) is 0 Å². The Labute approximate surface area is 159 Å². The fraction of sp³-hybridized carbons (Fsp3) is 0.421. The number of rotatable bonds is 6. The maximum absolute atomic E-state index is 12.5. The summed E-state index contributed by atoms with van der Waals surface area (Å²) in [7, 11) is -3.38. The second-order valence-corrected chi connectivity index (χ2v) is 9.78. The number of hydrogen-bond donors (Lipinski definition) is 1. The Balaban J connectivity index is 1.45. The fourth-order valence-corrected chi connectivity index (χ4v) is 5.70. The van der Waals surface area contributed by atoms with Gasteiger partial charge in [0, 0.05) is 25.6 Å². The predicted molar refractivity (Wildman–Crippen MR) is 104 cm³/mol. The van der Waals surface area contributed by atoms with Crippen LogP contribution in [-0.2, 0) is 21.2 Å². The molecule has 0 spiro atoms. The van der Waals surface area contributed by atoms with E-state index in [2.05, 4.69) is 29.6 Å². The second kappa shape index (κ2) is 8.33. The van der Waals surface area contributed by atoms with E-state index in [9.17, 15) is 13.2 Å². The van der Waals surface area contributed by atoms with Crippen LogP contribution < -0.4 is 5.32 Å². The normalized spacial score (nSPS) is 16.5. The first-order chi connectivity index (χ1) is 12.4. The molecular weight excluding hydrogens is 368 g/mol. The summed E-state index contributed by atoms with van der Waals surface area (Å²) in [5.74, 6) is 0.0325. The van der Waals surface area contributed by atoms with Crippen molar-refractivity contribution in [2.45, 2.75) is 42.9 Å². The Kier molecular flexibility index (Phi) is 6.11. The zero-order valence-electron chi connectivity index (χ0n) is 14.8. The molecule has 1 amide bonds. The molecule has 3 rings (SSSR count). The van der Waals surface area contributed by atoms with Crippen LogP contribution in [0, 0.1) is 6.92 Å². The van der Waals surface area contributed by atoms with Crippen LogP contribution in [0.1, 0.15) is 30.4 Å². The third-order valence-electron chi connectivity index (χ3n) is 4.67. The van der Waals surface area contributed by atoms with Gasteiger partial charge in [-0.2, -0.15) is 4.31 Å². The van der Waals surface area contributed by atoms with Gasteiger partial charge in [0.25, 0.3) is 10.0 Å².